The molecule has 0 heterocycles. The van der Waals surface area contributed by atoms with E-state index in [4.69, 9.17) is 18.0 Å². The molecule has 20 heavy (non-hydrogen) atoms. The van der Waals surface area contributed by atoms with Crippen LogP contribution in [-0.4, -0.2) is 19.4 Å². The van der Waals surface area contributed by atoms with Gasteiger partial charge in [-0.2, -0.15) is 0 Å². The number of hydrogen-bond acceptors (Lipinski definition) is 3. The highest BCUT2D eigenvalue weighted by Crippen LogP contribution is 2.22. The van der Waals surface area contributed by atoms with Crippen molar-refractivity contribution < 1.29 is 8.42 Å². The third kappa shape index (κ3) is 3.33. The van der Waals surface area contributed by atoms with Crippen molar-refractivity contribution >= 4 is 38.0 Å². The minimum atomic E-state index is -3.60. The summed E-state index contributed by atoms with van der Waals surface area (Å²) in [6.45, 7) is 1.74. The van der Waals surface area contributed by atoms with Crippen molar-refractivity contribution in [1.29, 1.82) is 0 Å². The van der Waals surface area contributed by atoms with E-state index >= 15 is 0 Å². The Kier molecular flexibility index (Phi) is 4.37. The van der Waals surface area contributed by atoms with Crippen LogP contribution in [0.4, 0.5) is 0 Å². The zero-order valence-corrected chi connectivity index (χ0v) is 12.7. The lowest BCUT2D eigenvalue weighted by molar-refractivity contribution is 0.566. The summed E-state index contributed by atoms with van der Waals surface area (Å²) in [5, 5.41) is 1.59. The highest BCUT2D eigenvalue weighted by Gasteiger charge is 2.19. The van der Waals surface area contributed by atoms with Gasteiger partial charge in [-0.05, 0) is 18.4 Å². The minimum absolute atomic E-state index is 0.269. The number of thiocarbonyl (C=S) groups is 1. The molecule has 2 rings (SSSR count). The monoisotopic (exact) mass is 308 g/mol. The number of sulfonamides is 1. The van der Waals surface area contributed by atoms with Crippen molar-refractivity contribution in [2.24, 2.45) is 5.73 Å². The first-order valence-electron chi connectivity index (χ1n) is 6.18. The molecular formula is C14H16N2O2S2. The Labute approximate surface area is 124 Å². The highest BCUT2D eigenvalue weighted by atomic mass is 32.2. The molecule has 0 saturated carbocycles. The summed E-state index contributed by atoms with van der Waals surface area (Å²) in [6.07, 6.45) is 0.333. The maximum absolute atomic E-state index is 12.4. The highest BCUT2D eigenvalue weighted by molar-refractivity contribution is 7.89. The maximum Gasteiger partial charge on any atom is 0.241 e. The largest absolute Gasteiger partial charge is 0.393 e. The van der Waals surface area contributed by atoms with E-state index in [9.17, 15) is 8.42 Å². The third-order valence-electron chi connectivity index (χ3n) is 2.90. The number of nitrogens with one attached hydrogen (secondary N) is 1. The molecular weight excluding hydrogens is 292 g/mol. The van der Waals surface area contributed by atoms with Crippen LogP contribution in [0.1, 0.15) is 13.3 Å². The Balaban J connectivity index is 2.39. The van der Waals surface area contributed by atoms with Crippen LogP contribution >= 0.6 is 12.2 Å². The smallest absolute Gasteiger partial charge is 0.241 e. The second kappa shape index (κ2) is 5.87. The summed E-state index contributed by atoms with van der Waals surface area (Å²) in [7, 11) is -3.60. The Morgan fingerprint density at radius 1 is 1.25 bits per heavy atom. The van der Waals surface area contributed by atoms with Crippen molar-refractivity contribution in [2.45, 2.75) is 24.3 Å². The van der Waals surface area contributed by atoms with Crippen molar-refractivity contribution in [3.8, 4) is 0 Å². The normalized spacial score (nSPS) is 13.2. The molecule has 2 aromatic carbocycles. The van der Waals surface area contributed by atoms with E-state index < -0.39 is 10.0 Å². The van der Waals surface area contributed by atoms with Crippen LogP contribution in [0.5, 0.6) is 0 Å². The number of fused-ring (bicyclic) bond motifs is 1. The Morgan fingerprint density at radius 2 is 1.90 bits per heavy atom. The molecule has 0 saturated heterocycles. The van der Waals surface area contributed by atoms with Crippen molar-refractivity contribution in [3.63, 3.8) is 0 Å². The predicted octanol–water partition coefficient (Wildman–Crippen LogP) is 2.18. The van der Waals surface area contributed by atoms with Gasteiger partial charge in [0, 0.05) is 17.8 Å². The lowest BCUT2D eigenvalue weighted by Crippen LogP contribution is -2.35. The van der Waals surface area contributed by atoms with Crippen LogP contribution in [0.3, 0.4) is 0 Å². The van der Waals surface area contributed by atoms with E-state index in [1.807, 2.05) is 24.3 Å². The fourth-order valence-corrected chi connectivity index (χ4v) is 3.82. The van der Waals surface area contributed by atoms with Gasteiger partial charge in [-0.15, -0.1) is 0 Å². The molecule has 0 aromatic heterocycles. The van der Waals surface area contributed by atoms with Gasteiger partial charge in [0.1, 0.15) is 0 Å². The van der Waals surface area contributed by atoms with E-state index in [1.165, 1.54) is 0 Å². The summed E-state index contributed by atoms with van der Waals surface area (Å²) >= 11 is 4.80. The van der Waals surface area contributed by atoms with Gasteiger partial charge in [0.2, 0.25) is 10.0 Å². The first kappa shape index (κ1) is 14.9. The molecule has 0 aliphatic heterocycles. The topological polar surface area (TPSA) is 72.2 Å². The number of hydrogen-bond donors (Lipinski definition) is 2. The Morgan fingerprint density at radius 3 is 2.60 bits per heavy atom. The van der Waals surface area contributed by atoms with Gasteiger partial charge in [-0.1, -0.05) is 48.6 Å². The molecule has 4 nitrogen and oxygen atoms in total. The van der Waals surface area contributed by atoms with E-state index in [0.29, 0.717) is 11.8 Å². The van der Waals surface area contributed by atoms with Crippen molar-refractivity contribution in [1.82, 2.24) is 4.72 Å². The minimum Gasteiger partial charge on any atom is -0.393 e. The van der Waals surface area contributed by atoms with Crippen LogP contribution in [0.15, 0.2) is 47.4 Å². The predicted molar refractivity (Wildman–Crippen MR) is 85.1 cm³/mol. The summed E-state index contributed by atoms with van der Waals surface area (Å²) in [6, 6.07) is 12.2. The Hall–Kier alpha value is -1.50. The molecule has 2 aromatic rings. The number of nitrogens with two attached hydrogens (primary N) is 1. The van der Waals surface area contributed by atoms with E-state index in [-0.39, 0.29) is 15.9 Å². The second-order valence-electron chi connectivity index (χ2n) is 4.67. The van der Waals surface area contributed by atoms with Gasteiger partial charge >= 0.3 is 0 Å². The molecule has 0 aliphatic rings. The van der Waals surface area contributed by atoms with Crippen LogP contribution in [0.2, 0.25) is 0 Å². The first-order chi connectivity index (χ1) is 9.40. The average Bonchev–Trinajstić information content (AvgIpc) is 2.36. The molecule has 1 unspecified atom stereocenters. The van der Waals surface area contributed by atoms with E-state index in [1.54, 1.807) is 25.1 Å². The fourth-order valence-electron chi connectivity index (χ4n) is 2.10. The van der Waals surface area contributed by atoms with Crippen molar-refractivity contribution in [3.05, 3.63) is 42.5 Å². The number of rotatable bonds is 5. The van der Waals surface area contributed by atoms with Gasteiger partial charge in [0.25, 0.3) is 0 Å². The molecule has 6 heteroatoms. The third-order valence-corrected chi connectivity index (χ3v) is 4.72. The van der Waals surface area contributed by atoms with Crippen LogP contribution in [0, 0.1) is 0 Å². The summed E-state index contributed by atoms with van der Waals surface area (Å²) in [4.78, 5) is 0.559. The van der Waals surface area contributed by atoms with Gasteiger partial charge < -0.3 is 5.73 Å². The quantitative estimate of drug-likeness (QED) is 0.831. The SMILES string of the molecule is CC(CC(N)=S)NS(=O)(=O)c1cccc2ccccc12. The van der Waals surface area contributed by atoms with E-state index in [0.717, 1.165) is 5.39 Å². The van der Waals surface area contributed by atoms with Gasteiger partial charge in [-0.3, -0.25) is 0 Å². The lowest BCUT2D eigenvalue weighted by Gasteiger charge is -2.14. The molecule has 0 spiro atoms. The Bertz CT molecular complexity index is 736. The molecule has 3 N–H and O–H groups in total. The standard InChI is InChI=1S/C14H16N2O2S2/c1-10(9-14(15)19)16-20(17,18)13-8-4-6-11-5-2-3-7-12(11)13/h2-8,10,16H,9H2,1H3,(H2,15,19). The molecule has 0 amide bonds. The van der Waals surface area contributed by atoms with Crippen LogP contribution < -0.4 is 10.5 Å². The molecule has 0 radical (unpaired) electrons. The summed E-state index contributed by atoms with van der Waals surface area (Å²) < 4.78 is 27.5. The maximum atomic E-state index is 12.4. The van der Waals surface area contributed by atoms with Gasteiger partial charge in [0.15, 0.2) is 0 Å². The summed E-state index contributed by atoms with van der Waals surface area (Å²) in [5.74, 6) is 0. The van der Waals surface area contributed by atoms with Crippen LogP contribution in [-0.2, 0) is 10.0 Å². The molecule has 0 aliphatic carbocycles. The van der Waals surface area contributed by atoms with Gasteiger partial charge in [0.05, 0.1) is 9.88 Å². The second-order valence-corrected chi connectivity index (χ2v) is 6.88. The average molecular weight is 308 g/mol. The summed E-state index contributed by atoms with van der Waals surface area (Å²) in [5.41, 5.74) is 5.44. The van der Waals surface area contributed by atoms with Crippen molar-refractivity contribution in [2.75, 3.05) is 0 Å². The van der Waals surface area contributed by atoms with Gasteiger partial charge in [-0.25, -0.2) is 13.1 Å². The lowest BCUT2D eigenvalue weighted by atomic mass is 10.1. The molecule has 0 fully saturated rings. The van der Waals surface area contributed by atoms with E-state index in [2.05, 4.69) is 4.72 Å². The first-order valence-corrected chi connectivity index (χ1v) is 8.07. The number of benzene rings is 2. The zero-order valence-electron chi connectivity index (χ0n) is 11.0. The zero-order chi connectivity index (χ0) is 14.8. The molecule has 106 valence electrons. The van der Waals surface area contributed by atoms with Crippen LogP contribution in [0.25, 0.3) is 10.8 Å². The molecule has 1 atom stereocenters. The molecule has 0 bridgehead atoms. The fraction of sp³-hybridized carbons (Fsp3) is 0.214.